The largest absolute Gasteiger partial charge is 0.459 e. The number of thiazole rings is 1. The van der Waals surface area contributed by atoms with E-state index in [0.29, 0.717) is 24.4 Å². The zero-order chi connectivity index (χ0) is 19.3. The van der Waals surface area contributed by atoms with Gasteiger partial charge in [0, 0.05) is 23.9 Å². The number of carbonyl (C=O) groups is 1. The molecule has 2 aromatic rings. The van der Waals surface area contributed by atoms with Gasteiger partial charge in [0.05, 0.1) is 15.6 Å². The van der Waals surface area contributed by atoms with Crippen LogP contribution in [0.15, 0.2) is 39.5 Å². The summed E-state index contributed by atoms with van der Waals surface area (Å²) >= 11 is 1.58. The maximum Gasteiger partial charge on any atom is 0.306 e. The van der Waals surface area contributed by atoms with Crippen LogP contribution in [0, 0.1) is 0 Å². The molecule has 0 atom stereocenters. The molecule has 3 rings (SSSR count). The average Bonchev–Trinajstić information content (AvgIpc) is 3.20. The Balaban J connectivity index is 1.45. The lowest BCUT2D eigenvalue weighted by atomic mass is 10.2. The fourth-order valence-corrected chi connectivity index (χ4v) is 4.77. The predicted molar refractivity (Wildman–Crippen MR) is 103 cm³/mol. The van der Waals surface area contributed by atoms with Crippen molar-refractivity contribution in [1.82, 2.24) is 9.71 Å². The van der Waals surface area contributed by atoms with Crippen LogP contribution in [0.4, 0.5) is 0 Å². The van der Waals surface area contributed by atoms with Gasteiger partial charge in [-0.3, -0.25) is 14.5 Å². The van der Waals surface area contributed by atoms with Crippen molar-refractivity contribution in [1.29, 1.82) is 0 Å². The molecule has 27 heavy (non-hydrogen) atoms. The number of nitrogens with one attached hydrogen (secondary N) is 1. The van der Waals surface area contributed by atoms with Crippen LogP contribution in [0.2, 0.25) is 0 Å². The molecule has 1 aliphatic rings. The molecular weight excluding hydrogens is 386 g/mol. The number of hydrogen-bond donors (Lipinski definition) is 1. The number of ether oxygens (including phenoxy) is 1. The zero-order valence-electron chi connectivity index (χ0n) is 15.0. The topological polar surface area (TPSA) is 97.7 Å². The van der Waals surface area contributed by atoms with Gasteiger partial charge in [0.1, 0.15) is 12.4 Å². The second-order valence-corrected chi connectivity index (χ2v) is 8.67. The molecule has 144 valence electrons. The summed E-state index contributed by atoms with van der Waals surface area (Å²) in [6.07, 6.45) is 2.67. The standard InChI is InChI=1S/C18H21N3O4S2/c1-2-6-16-20-13(12-26-16)11-25-17(22)9-5-10-19-18-14-7-3-4-8-15(14)27(23,24)21-18/h3-4,7-8,12H,2,5-6,9-11H2,1H3,(H,19,21). The van der Waals surface area contributed by atoms with Crippen molar-refractivity contribution in [2.24, 2.45) is 4.99 Å². The van der Waals surface area contributed by atoms with Gasteiger partial charge in [0.2, 0.25) is 0 Å². The maximum atomic E-state index is 12.0. The number of hydrogen-bond acceptors (Lipinski definition) is 7. The van der Waals surface area contributed by atoms with Gasteiger partial charge >= 0.3 is 5.97 Å². The SMILES string of the molecule is CCCc1nc(COC(=O)CCCN=C2NS(=O)(=O)c3ccccc32)cs1. The monoisotopic (exact) mass is 407 g/mol. The van der Waals surface area contributed by atoms with Crippen molar-refractivity contribution in [2.45, 2.75) is 44.1 Å². The van der Waals surface area contributed by atoms with E-state index < -0.39 is 10.0 Å². The molecule has 0 unspecified atom stereocenters. The molecule has 2 heterocycles. The van der Waals surface area contributed by atoms with Crippen molar-refractivity contribution in [2.75, 3.05) is 6.54 Å². The Bertz CT molecular complexity index is 951. The van der Waals surface area contributed by atoms with Gasteiger partial charge < -0.3 is 4.74 Å². The lowest BCUT2D eigenvalue weighted by Gasteiger charge is -2.02. The lowest BCUT2D eigenvalue weighted by molar-refractivity contribution is -0.145. The van der Waals surface area contributed by atoms with Gasteiger partial charge in [-0.15, -0.1) is 11.3 Å². The Morgan fingerprint density at radius 2 is 2.15 bits per heavy atom. The Morgan fingerprint density at radius 1 is 1.33 bits per heavy atom. The highest BCUT2D eigenvalue weighted by Crippen LogP contribution is 2.22. The van der Waals surface area contributed by atoms with Crippen LogP contribution in [0.1, 0.15) is 42.5 Å². The second kappa shape index (κ2) is 8.62. The summed E-state index contributed by atoms with van der Waals surface area (Å²) in [5.41, 5.74) is 1.33. The summed E-state index contributed by atoms with van der Waals surface area (Å²) in [4.78, 5) is 20.8. The molecular formula is C18H21N3O4S2. The number of rotatable bonds is 8. The fraction of sp³-hybridized carbons (Fsp3) is 0.389. The van der Waals surface area contributed by atoms with E-state index in [4.69, 9.17) is 4.74 Å². The van der Waals surface area contributed by atoms with E-state index in [0.717, 1.165) is 23.5 Å². The third kappa shape index (κ3) is 4.92. The van der Waals surface area contributed by atoms with Crippen LogP contribution in [-0.2, 0) is 32.6 Å². The number of sulfonamides is 1. The van der Waals surface area contributed by atoms with Crippen molar-refractivity contribution in [3.63, 3.8) is 0 Å². The van der Waals surface area contributed by atoms with Crippen molar-refractivity contribution >= 4 is 33.2 Å². The molecule has 0 fully saturated rings. The first-order valence-electron chi connectivity index (χ1n) is 8.75. The number of nitrogens with zero attached hydrogens (tertiary/aromatic N) is 2. The maximum absolute atomic E-state index is 12.0. The normalized spacial score (nSPS) is 16.1. The summed E-state index contributed by atoms with van der Waals surface area (Å²) in [5, 5.41) is 2.96. The molecule has 0 saturated carbocycles. The molecule has 1 N–H and O–H groups in total. The molecule has 7 nitrogen and oxygen atoms in total. The molecule has 0 amide bonds. The van der Waals surface area contributed by atoms with Crippen molar-refractivity contribution < 1.29 is 17.9 Å². The van der Waals surface area contributed by atoms with E-state index in [1.807, 2.05) is 5.38 Å². The van der Waals surface area contributed by atoms with E-state index in [-0.39, 0.29) is 23.9 Å². The Labute approximate surface area is 162 Å². The third-order valence-electron chi connectivity index (χ3n) is 3.92. The number of benzene rings is 1. The number of carbonyl (C=O) groups excluding carboxylic acids is 1. The van der Waals surface area contributed by atoms with Crippen LogP contribution in [0.3, 0.4) is 0 Å². The Morgan fingerprint density at radius 3 is 2.96 bits per heavy atom. The summed E-state index contributed by atoms with van der Waals surface area (Å²) in [5.74, 6) is 0.0116. The Kier molecular flexibility index (Phi) is 6.22. The summed E-state index contributed by atoms with van der Waals surface area (Å²) in [6.45, 7) is 2.61. The fourth-order valence-electron chi connectivity index (χ4n) is 2.64. The molecule has 0 aliphatic carbocycles. The minimum absolute atomic E-state index is 0.181. The summed E-state index contributed by atoms with van der Waals surface area (Å²) in [6, 6.07) is 6.69. The molecule has 0 bridgehead atoms. The van der Waals surface area contributed by atoms with Gasteiger partial charge in [0.15, 0.2) is 0 Å². The zero-order valence-corrected chi connectivity index (χ0v) is 16.6. The van der Waals surface area contributed by atoms with Gasteiger partial charge in [0.25, 0.3) is 10.0 Å². The first-order chi connectivity index (χ1) is 13.0. The number of amidine groups is 1. The van der Waals surface area contributed by atoms with Gasteiger partial charge in [-0.05, 0) is 31.4 Å². The number of aryl methyl sites for hydroxylation is 1. The molecule has 0 radical (unpaired) electrons. The van der Waals surface area contributed by atoms with Gasteiger partial charge in [-0.1, -0.05) is 19.1 Å². The number of aliphatic imine (C=N–C) groups is 1. The molecule has 0 spiro atoms. The number of esters is 1. The first-order valence-corrected chi connectivity index (χ1v) is 11.1. The van der Waals surface area contributed by atoms with Crippen LogP contribution >= 0.6 is 11.3 Å². The van der Waals surface area contributed by atoms with Crippen LogP contribution < -0.4 is 4.72 Å². The molecule has 1 aromatic heterocycles. The number of fused-ring (bicyclic) bond motifs is 1. The highest BCUT2D eigenvalue weighted by Gasteiger charge is 2.29. The quantitative estimate of drug-likeness (QED) is 0.536. The lowest BCUT2D eigenvalue weighted by Crippen LogP contribution is -2.22. The highest BCUT2D eigenvalue weighted by atomic mass is 32.2. The van der Waals surface area contributed by atoms with Gasteiger partial charge in [-0.2, -0.15) is 0 Å². The highest BCUT2D eigenvalue weighted by molar-refractivity contribution is 7.90. The van der Waals surface area contributed by atoms with E-state index in [1.165, 1.54) is 0 Å². The van der Waals surface area contributed by atoms with Crippen LogP contribution in [0.5, 0.6) is 0 Å². The minimum Gasteiger partial charge on any atom is -0.459 e. The third-order valence-corrected chi connectivity index (χ3v) is 6.27. The van der Waals surface area contributed by atoms with E-state index >= 15 is 0 Å². The van der Waals surface area contributed by atoms with E-state index in [2.05, 4.69) is 21.6 Å². The molecule has 9 heteroatoms. The smallest absolute Gasteiger partial charge is 0.306 e. The van der Waals surface area contributed by atoms with Crippen LogP contribution in [-0.4, -0.2) is 31.8 Å². The Hall–Kier alpha value is -2.26. The second-order valence-electron chi connectivity index (χ2n) is 6.08. The van der Waals surface area contributed by atoms with Crippen molar-refractivity contribution in [3.8, 4) is 0 Å². The minimum atomic E-state index is -3.53. The predicted octanol–water partition coefficient (Wildman–Crippen LogP) is 2.66. The van der Waals surface area contributed by atoms with Crippen LogP contribution in [0.25, 0.3) is 0 Å². The molecule has 1 aliphatic heterocycles. The van der Waals surface area contributed by atoms with Crippen molar-refractivity contribution in [3.05, 3.63) is 45.9 Å². The van der Waals surface area contributed by atoms with E-state index in [1.54, 1.807) is 35.6 Å². The summed E-state index contributed by atoms with van der Waals surface area (Å²) in [7, 11) is -3.53. The number of aromatic nitrogens is 1. The molecule has 1 aromatic carbocycles. The average molecular weight is 408 g/mol. The summed E-state index contributed by atoms with van der Waals surface area (Å²) < 4.78 is 31.7. The first kappa shape index (κ1) is 19.5. The van der Waals surface area contributed by atoms with Gasteiger partial charge in [-0.25, -0.2) is 13.4 Å². The molecule has 0 saturated heterocycles. The van der Waals surface area contributed by atoms with E-state index in [9.17, 15) is 13.2 Å².